The Balaban J connectivity index is 2.73. The number of aromatic nitrogens is 2. The highest BCUT2D eigenvalue weighted by Gasteiger charge is 2.17. The molecule has 0 saturated carbocycles. The van der Waals surface area contributed by atoms with Crippen molar-refractivity contribution in [1.29, 1.82) is 0 Å². The number of hydrogen-bond donors (Lipinski definition) is 1. The third-order valence-electron chi connectivity index (χ3n) is 3.03. The van der Waals surface area contributed by atoms with E-state index in [-0.39, 0.29) is 0 Å². The van der Waals surface area contributed by atoms with Crippen molar-refractivity contribution in [3.63, 3.8) is 0 Å². The van der Waals surface area contributed by atoms with Gasteiger partial charge in [-0.1, -0.05) is 11.6 Å². The summed E-state index contributed by atoms with van der Waals surface area (Å²) in [6.07, 6.45) is 1.87. The van der Waals surface area contributed by atoms with Crippen LogP contribution >= 0.6 is 11.6 Å². The van der Waals surface area contributed by atoms with Gasteiger partial charge < -0.3 is 15.0 Å². The van der Waals surface area contributed by atoms with E-state index in [2.05, 4.69) is 4.98 Å². The number of nitrogens with zero attached hydrogens (tertiary/aromatic N) is 2. The molecule has 2 N–H and O–H groups in total. The lowest BCUT2D eigenvalue weighted by atomic mass is 10.0. The third-order valence-corrected chi connectivity index (χ3v) is 3.61. The van der Waals surface area contributed by atoms with Gasteiger partial charge in [0.1, 0.15) is 5.75 Å². The third kappa shape index (κ3) is 1.93. The normalized spacial score (nSPS) is 10.7. The summed E-state index contributed by atoms with van der Waals surface area (Å²) in [4.78, 5) is 4.32. The first-order valence-electron chi connectivity index (χ1n) is 5.58. The molecule has 0 bridgehead atoms. The Morgan fingerprint density at radius 3 is 2.56 bits per heavy atom. The molecule has 0 fully saturated rings. The molecule has 96 valence electrons. The van der Waals surface area contributed by atoms with Crippen LogP contribution in [-0.2, 0) is 7.05 Å². The summed E-state index contributed by atoms with van der Waals surface area (Å²) >= 11 is 6.29. The van der Waals surface area contributed by atoms with Crippen molar-refractivity contribution < 1.29 is 4.74 Å². The maximum Gasteiger partial charge on any atom is 0.200 e. The lowest BCUT2D eigenvalue weighted by molar-refractivity contribution is 0.415. The Hall–Kier alpha value is -1.68. The second kappa shape index (κ2) is 4.53. The SMILES string of the molecule is COc1cc(C)c(Cl)c(C)c1-c1cn(C)c(N)n1. The zero-order valence-electron chi connectivity index (χ0n) is 10.9. The highest BCUT2D eigenvalue weighted by Crippen LogP contribution is 2.38. The maximum absolute atomic E-state index is 6.29. The van der Waals surface area contributed by atoms with Gasteiger partial charge >= 0.3 is 0 Å². The van der Waals surface area contributed by atoms with Gasteiger partial charge in [-0.3, -0.25) is 0 Å². The van der Waals surface area contributed by atoms with Gasteiger partial charge in [-0.25, -0.2) is 4.98 Å². The zero-order chi connectivity index (χ0) is 13.4. The number of halogens is 1. The molecule has 0 unspecified atom stereocenters. The molecule has 0 amide bonds. The molecule has 0 aliphatic rings. The molecule has 0 radical (unpaired) electrons. The van der Waals surface area contributed by atoms with Crippen LogP contribution in [0.3, 0.4) is 0 Å². The molecular formula is C13H16ClN3O. The Morgan fingerprint density at radius 1 is 1.39 bits per heavy atom. The molecule has 0 saturated heterocycles. The topological polar surface area (TPSA) is 53.1 Å². The van der Waals surface area contributed by atoms with E-state index in [4.69, 9.17) is 22.1 Å². The summed E-state index contributed by atoms with van der Waals surface area (Å²) in [5.41, 5.74) is 9.36. The van der Waals surface area contributed by atoms with Crippen LogP contribution in [0.25, 0.3) is 11.3 Å². The molecule has 1 aromatic heterocycles. The highest BCUT2D eigenvalue weighted by molar-refractivity contribution is 6.32. The highest BCUT2D eigenvalue weighted by atomic mass is 35.5. The summed E-state index contributed by atoms with van der Waals surface area (Å²) in [7, 11) is 3.49. The number of nitrogens with two attached hydrogens (primary N) is 1. The minimum absolute atomic E-state index is 0.461. The number of nitrogen functional groups attached to an aromatic ring is 1. The van der Waals surface area contributed by atoms with Crippen LogP contribution in [-0.4, -0.2) is 16.7 Å². The predicted molar refractivity (Wildman–Crippen MR) is 74.1 cm³/mol. The van der Waals surface area contributed by atoms with Crippen molar-refractivity contribution in [3.05, 3.63) is 28.4 Å². The van der Waals surface area contributed by atoms with Gasteiger partial charge in [-0.2, -0.15) is 0 Å². The Labute approximate surface area is 111 Å². The molecule has 0 atom stereocenters. The lowest BCUT2D eigenvalue weighted by Crippen LogP contribution is -1.95. The van der Waals surface area contributed by atoms with E-state index in [9.17, 15) is 0 Å². The minimum atomic E-state index is 0.461. The lowest BCUT2D eigenvalue weighted by Gasteiger charge is -2.13. The summed E-state index contributed by atoms with van der Waals surface area (Å²) in [6, 6.07) is 1.91. The fourth-order valence-electron chi connectivity index (χ4n) is 2.00. The smallest absolute Gasteiger partial charge is 0.200 e. The Kier molecular flexibility index (Phi) is 3.22. The first-order valence-corrected chi connectivity index (χ1v) is 5.96. The van der Waals surface area contributed by atoms with E-state index in [0.29, 0.717) is 5.95 Å². The van der Waals surface area contributed by atoms with Crippen molar-refractivity contribution >= 4 is 17.5 Å². The van der Waals surface area contributed by atoms with E-state index in [1.54, 1.807) is 11.7 Å². The fraction of sp³-hybridized carbons (Fsp3) is 0.308. The second-order valence-electron chi connectivity index (χ2n) is 4.30. The van der Waals surface area contributed by atoms with Gasteiger partial charge in [0, 0.05) is 23.8 Å². The van der Waals surface area contributed by atoms with Gasteiger partial charge in [-0.15, -0.1) is 0 Å². The van der Waals surface area contributed by atoms with Crippen LogP contribution in [0.4, 0.5) is 5.95 Å². The molecule has 2 aromatic rings. The van der Waals surface area contributed by atoms with Crippen LogP contribution in [0.15, 0.2) is 12.3 Å². The molecule has 4 nitrogen and oxygen atoms in total. The van der Waals surface area contributed by atoms with Crippen LogP contribution < -0.4 is 10.5 Å². The zero-order valence-corrected chi connectivity index (χ0v) is 11.7. The summed E-state index contributed by atoms with van der Waals surface area (Å²) < 4.78 is 7.18. The number of benzene rings is 1. The maximum atomic E-state index is 6.29. The van der Waals surface area contributed by atoms with E-state index in [1.165, 1.54) is 0 Å². The van der Waals surface area contributed by atoms with Gasteiger partial charge in [0.15, 0.2) is 5.95 Å². The van der Waals surface area contributed by atoms with Crippen LogP contribution in [0.5, 0.6) is 5.75 Å². The van der Waals surface area contributed by atoms with Crippen LogP contribution in [0, 0.1) is 13.8 Å². The predicted octanol–water partition coefficient (Wildman–Crippen LogP) is 2.95. The van der Waals surface area contributed by atoms with Crippen LogP contribution in [0.1, 0.15) is 11.1 Å². The molecular weight excluding hydrogens is 250 g/mol. The van der Waals surface area contributed by atoms with Gasteiger partial charge in [0.25, 0.3) is 0 Å². The Bertz CT molecular complexity index is 585. The van der Waals surface area contributed by atoms with E-state index in [1.807, 2.05) is 33.2 Å². The van der Waals surface area contributed by atoms with Crippen LogP contribution in [0.2, 0.25) is 5.02 Å². The number of aryl methyl sites for hydroxylation is 2. The van der Waals surface area contributed by atoms with Gasteiger partial charge in [0.2, 0.25) is 0 Å². The first kappa shape index (κ1) is 12.8. The largest absolute Gasteiger partial charge is 0.496 e. The second-order valence-corrected chi connectivity index (χ2v) is 4.68. The molecule has 0 aliphatic heterocycles. The molecule has 2 rings (SSSR count). The number of rotatable bonds is 2. The monoisotopic (exact) mass is 265 g/mol. The quantitative estimate of drug-likeness (QED) is 0.908. The molecule has 0 spiro atoms. The fourth-order valence-corrected chi connectivity index (χ4v) is 2.15. The average molecular weight is 266 g/mol. The van der Waals surface area contributed by atoms with E-state index < -0.39 is 0 Å². The van der Waals surface area contributed by atoms with Gasteiger partial charge in [-0.05, 0) is 31.0 Å². The summed E-state index contributed by atoms with van der Waals surface area (Å²) in [5, 5.41) is 0.732. The minimum Gasteiger partial charge on any atom is -0.496 e. The van der Waals surface area contributed by atoms with E-state index in [0.717, 1.165) is 33.2 Å². The number of methoxy groups -OCH3 is 1. The molecule has 1 aromatic carbocycles. The van der Waals surface area contributed by atoms with E-state index >= 15 is 0 Å². The number of anilines is 1. The van der Waals surface area contributed by atoms with Gasteiger partial charge in [0.05, 0.1) is 12.8 Å². The summed E-state index contributed by atoms with van der Waals surface area (Å²) in [5.74, 6) is 1.22. The molecule has 1 heterocycles. The molecule has 18 heavy (non-hydrogen) atoms. The number of hydrogen-bond acceptors (Lipinski definition) is 3. The van der Waals surface area contributed by atoms with Crippen molar-refractivity contribution in [2.75, 3.05) is 12.8 Å². The average Bonchev–Trinajstić information content (AvgIpc) is 2.65. The van der Waals surface area contributed by atoms with Crippen molar-refractivity contribution in [2.45, 2.75) is 13.8 Å². The standard InChI is InChI=1S/C13H16ClN3O/c1-7-5-10(18-4)11(8(2)12(7)14)9-6-17(3)13(15)16-9/h5-6H,1-4H3,(H2,15,16). The number of imidazole rings is 1. The van der Waals surface area contributed by atoms with Crippen molar-refractivity contribution in [3.8, 4) is 17.0 Å². The Morgan fingerprint density at radius 2 is 2.06 bits per heavy atom. The van der Waals surface area contributed by atoms with Crippen molar-refractivity contribution in [1.82, 2.24) is 9.55 Å². The number of ether oxygens (including phenoxy) is 1. The first-order chi connectivity index (χ1) is 8.45. The van der Waals surface area contributed by atoms with Crippen molar-refractivity contribution in [2.24, 2.45) is 7.05 Å². The molecule has 0 aliphatic carbocycles. The summed E-state index contributed by atoms with van der Waals surface area (Å²) in [6.45, 7) is 3.91. The molecule has 5 heteroatoms.